The highest BCUT2D eigenvalue weighted by Gasteiger charge is 2.18. The SMILES string of the molecule is CCC(=N\OS(=O)(=O)c1ccccc1)/C(C)=N/OS(=O)(=O)c1ccccc1. The van der Waals surface area contributed by atoms with Gasteiger partial charge < -0.3 is 0 Å². The van der Waals surface area contributed by atoms with Crippen molar-refractivity contribution in [3.63, 3.8) is 0 Å². The molecule has 0 saturated carbocycles. The van der Waals surface area contributed by atoms with Gasteiger partial charge in [0.2, 0.25) is 0 Å². The van der Waals surface area contributed by atoms with Crippen LogP contribution >= 0.6 is 0 Å². The largest absolute Gasteiger partial charge is 0.358 e. The molecule has 0 heterocycles. The van der Waals surface area contributed by atoms with Crippen LogP contribution in [0.5, 0.6) is 0 Å². The minimum absolute atomic E-state index is 0.0540. The molecule has 2 rings (SSSR count). The number of hydrogen-bond donors (Lipinski definition) is 0. The Kier molecular flexibility index (Phi) is 6.70. The molecule has 2 aromatic rings. The molecule has 0 fully saturated rings. The maximum absolute atomic E-state index is 12.1. The molecule has 2 aromatic carbocycles. The van der Waals surface area contributed by atoms with Gasteiger partial charge in [0, 0.05) is 0 Å². The van der Waals surface area contributed by atoms with Crippen molar-refractivity contribution in [1.82, 2.24) is 0 Å². The number of benzene rings is 2. The highest BCUT2D eigenvalue weighted by molar-refractivity contribution is 7.87. The molecule has 0 bridgehead atoms. The van der Waals surface area contributed by atoms with E-state index in [9.17, 15) is 16.8 Å². The molecule has 0 amide bonds. The van der Waals surface area contributed by atoms with Crippen molar-refractivity contribution in [2.24, 2.45) is 10.3 Å². The number of oxime groups is 2. The summed E-state index contributed by atoms with van der Waals surface area (Å²) in [5.41, 5.74) is 0.193. The highest BCUT2D eigenvalue weighted by Crippen LogP contribution is 2.13. The van der Waals surface area contributed by atoms with E-state index in [1.807, 2.05) is 0 Å². The molecule has 0 aliphatic carbocycles. The van der Waals surface area contributed by atoms with Gasteiger partial charge >= 0.3 is 20.2 Å². The topological polar surface area (TPSA) is 111 Å². The zero-order valence-corrected chi connectivity index (χ0v) is 16.3. The summed E-state index contributed by atoms with van der Waals surface area (Å²) < 4.78 is 57.6. The van der Waals surface area contributed by atoms with Crippen LogP contribution in [-0.2, 0) is 28.8 Å². The fourth-order valence-electron chi connectivity index (χ4n) is 1.90. The standard InChI is InChI=1S/C17H18N2O6S2/c1-3-17(19-25-27(22,23)16-12-8-5-9-13-16)14(2)18-24-26(20,21)15-10-6-4-7-11-15/h4-13H,3H2,1-2H3/b18-14+,19-17+. The monoisotopic (exact) mass is 410 g/mol. The molecule has 0 N–H and O–H groups in total. The lowest BCUT2D eigenvalue weighted by atomic mass is 10.2. The summed E-state index contributed by atoms with van der Waals surface area (Å²) in [5.74, 6) is 0. The minimum Gasteiger partial charge on any atom is -0.264 e. The molecule has 0 spiro atoms. The zero-order valence-electron chi connectivity index (χ0n) is 14.6. The molecule has 0 aliphatic rings. The number of rotatable bonds is 8. The van der Waals surface area contributed by atoms with Crippen molar-refractivity contribution in [2.75, 3.05) is 0 Å². The molecule has 0 aliphatic heterocycles. The van der Waals surface area contributed by atoms with E-state index in [0.29, 0.717) is 0 Å². The van der Waals surface area contributed by atoms with Crippen LogP contribution in [0.1, 0.15) is 20.3 Å². The Morgan fingerprint density at radius 3 is 1.59 bits per heavy atom. The highest BCUT2D eigenvalue weighted by atomic mass is 32.2. The Balaban J connectivity index is 2.16. The lowest BCUT2D eigenvalue weighted by Gasteiger charge is -2.05. The maximum Gasteiger partial charge on any atom is 0.358 e. The van der Waals surface area contributed by atoms with Crippen LogP contribution in [0.15, 0.2) is 80.8 Å². The van der Waals surface area contributed by atoms with Gasteiger partial charge in [-0.1, -0.05) is 53.6 Å². The molecule has 10 heteroatoms. The first kappa shape index (κ1) is 20.6. The molecular weight excluding hydrogens is 392 g/mol. The normalized spacial score (nSPS) is 13.3. The lowest BCUT2D eigenvalue weighted by molar-refractivity contribution is 0.333. The van der Waals surface area contributed by atoms with Gasteiger partial charge in [-0.05, 0) is 37.6 Å². The molecule has 27 heavy (non-hydrogen) atoms. The average molecular weight is 410 g/mol. The molecule has 144 valence electrons. The first-order chi connectivity index (χ1) is 12.8. The third-order valence-electron chi connectivity index (χ3n) is 3.33. The Hall–Kier alpha value is -2.72. The van der Waals surface area contributed by atoms with Crippen LogP contribution in [0.4, 0.5) is 0 Å². The smallest absolute Gasteiger partial charge is 0.264 e. The fraction of sp³-hybridized carbons (Fsp3) is 0.176. The minimum atomic E-state index is -4.09. The van der Waals surface area contributed by atoms with Crippen molar-refractivity contribution < 1.29 is 25.4 Å². The first-order valence-corrected chi connectivity index (χ1v) is 10.7. The second-order valence-corrected chi connectivity index (χ2v) is 8.31. The van der Waals surface area contributed by atoms with Crippen LogP contribution in [0, 0.1) is 0 Å². The van der Waals surface area contributed by atoms with Crippen LogP contribution < -0.4 is 0 Å². The molecular formula is C17H18N2O6S2. The Bertz CT molecular complexity index is 1030. The Morgan fingerprint density at radius 1 is 0.778 bits per heavy atom. The van der Waals surface area contributed by atoms with Gasteiger partial charge in [0.25, 0.3) is 0 Å². The zero-order chi connectivity index (χ0) is 19.9. The fourth-order valence-corrected chi connectivity index (χ4v) is 3.45. The second kappa shape index (κ2) is 8.78. The van der Waals surface area contributed by atoms with Gasteiger partial charge in [0.15, 0.2) is 0 Å². The van der Waals surface area contributed by atoms with Crippen LogP contribution in [0.3, 0.4) is 0 Å². The molecule has 0 atom stereocenters. The van der Waals surface area contributed by atoms with Gasteiger partial charge in [0.1, 0.15) is 21.2 Å². The van der Waals surface area contributed by atoms with Crippen molar-refractivity contribution in [3.05, 3.63) is 60.7 Å². The van der Waals surface area contributed by atoms with Gasteiger partial charge in [-0.25, -0.2) is 0 Å². The van der Waals surface area contributed by atoms with Gasteiger partial charge in [-0.2, -0.15) is 16.8 Å². The maximum atomic E-state index is 12.1. The third kappa shape index (κ3) is 5.63. The second-order valence-electron chi connectivity index (χ2n) is 5.25. The van der Waals surface area contributed by atoms with Gasteiger partial charge in [0.05, 0.1) is 0 Å². The van der Waals surface area contributed by atoms with E-state index in [0.717, 1.165) is 0 Å². The predicted molar refractivity (Wildman–Crippen MR) is 100 cm³/mol. The van der Waals surface area contributed by atoms with Gasteiger partial charge in [-0.3, -0.25) is 8.57 Å². The Morgan fingerprint density at radius 2 is 1.19 bits per heavy atom. The van der Waals surface area contributed by atoms with Crippen molar-refractivity contribution >= 4 is 31.7 Å². The Labute approximate surface area is 158 Å². The van der Waals surface area contributed by atoms with E-state index in [2.05, 4.69) is 18.9 Å². The van der Waals surface area contributed by atoms with E-state index in [-0.39, 0.29) is 27.6 Å². The summed E-state index contributed by atoms with van der Waals surface area (Å²) in [6.45, 7) is 3.11. The quantitative estimate of drug-likeness (QED) is 0.489. The molecule has 0 saturated heterocycles. The van der Waals surface area contributed by atoms with Crippen molar-refractivity contribution in [1.29, 1.82) is 0 Å². The number of nitrogens with zero attached hydrogens (tertiary/aromatic N) is 2. The van der Waals surface area contributed by atoms with Crippen molar-refractivity contribution in [2.45, 2.75) is 30.1 Å². The van der Waals surface area contributed by atoms with Crippen LogP contribution in [0.2, 0.25) is 0 Å². The predicted octanol–water partition coefficient (Wildman–Crippen LogP) is 2.94. The van der Waals surface area contributed by atoms with Gasteiger partial charge in [-0.15, -0.1) is 0 Å². The van der Waals surface area contributed by atoms with E-state index in [1.165, 1.54) is 31.2 Å². The summed E-state index contributed by atoms with van der Waals surface area (Å²) in [4.78, 5) is -0.110. The molecule has 0 radical (unpaired) electrons. The molecule has 0 aromatic heterocycles. The summed E-state index contributed by atoms with van der Waals surface area (Å²) in [6, 6.07) is 15.0. The van der Waals surface area contributed by atoms with E-state index in [4.69, 9.17) is 0 Å². The molecule has 8 nitrogen and oxygen atoms in total. The summed E-state index contributed by atoms with van der Waals surface area (Å²) >= 11 is 0. The lowest BCUT2D eigenvalue weighted by Crippen LogP contribution is -2.14. The van der Waals surface area contributed by atoms with Crippen molar-refractivity contribution in [3.8, 4) is 0 Å². The summed E-state index contributed by atoms with van der Waals surface area (Å²) in [7, 11) is -8.17. The summed E-state index contributed by atoms with van der Waals surface area (Å²) in [5, 5.41) is 7.13. The van der Waals surface area contributed by atoms with E-state index < -0.39 is 20.2 Å². The van der Waals surface area contributed by atoms with E-state index in [1.54, 1.807) is 43.3 Å². The van der Waals surface area contributed by atoms with Crippen LogP contribution in [-0.4, -0.2) is 28.3 Å². The third-order valence-corrected chi connectivity index (χ3v) is 5.57. The van der Waals surface area contributed by atoms with E-state index >= 15 is 0 Å². The molecule has 0 unspecified atom stereocenters. The average Bonchev–Trinajstić information content (AvgIpc) is 2.68. The van der Waals surface area contributed by atoms with Crippen LogP contribution in [0.25, 0.3) is 0 Å². The summed E-state index contributed by atoms with van der Waals surface area (Å²) in [6.07, 6.45) is 0.244. The first-order valence-electron chi connectivity index (χ1n) is 7.85. The number of hydrogen-bond acceptors (Lipinski definition) is 8.